The summed E-state index contributed by atoms with van der Waals surface area (Å²) >= 11 is 9.06. The number of nitrogens with two attached hydrogens (primary N) is 1. The van der Waals surface area contributed by atoms with E-state index in [-0.39, 0.29) is 55.7 Å². The average Bonchev–Trinajstić information content (AvgIpc) is 3.38. The van der Waals surface area contributed by atoms with Crippen molar-refractivity contribution >= 4 is 65.6 Å². The van der Waals surface area contributed by atoms with Crippen LogP contribution in [-0.2, 0) is 30.4 Å². The van der Waals surface area contributed by atoms with E-state index in [0.717, 1.165) is 10.9 Å². The van der Waals surface area contributed by atoms with Crippen LogP contribution in [0.15, 0.2) is 26.2 Å². The molecule has 1 aliphatic heterocycles. The van der Waals surface area contributed by atoms with Crippen LogP contribution in [0.4, 0.5) is 5.69 Å². The molecule has 1 saturated heterocycles. The van der Waals surface area contributed by atoms with Gasteiger partial charge in [-0.1, -0.05) is 0 Å². The van der Waals surface area contributed by atoms with E-state index in [1.807, 2.05) is 0 Å². The van der Waals surface area contributed by atoms with Crippen molar-refractivity contribution in [2.75, 3.05) is 12.3 Å². The lowest BCUT2D eigenvalue weighted by Gasteiger charge is -2.20. The Morgan fingerprint density at radius 2 is 1.91 bits per heavy atom. The molecule has 1 aromatic carbocycles. The molecule has 3 N–H and O–H groups in total. The summed E-state index contributed by atoms with van der Waals surface area (Å²) in [7, 11) is 0. The van der Waals surface area contributed by atoms with Crippen LogP contribution in [0, 0.1) is 0 Å². The molecule has 186 valence electrons. The largest absolute Gasteiger partial charge is 0.422 e. The van der Waals surface area contributed by atoms with Crippen LogP contribution in [-0.4, -0.2) is 40.5 Å². The van der Waals surface area contributed by atoms with Gasteiger partial charge in [-0.15, -0.1) is 17.7 Å². The Bertz CT molecular complexity index is 1260. The molecule has 4 rings (SSSR count). The molecule has 12 heteroatoms. The van der Waals surface area contributed by atoms with Gasteiger partial charge in [-0.2, -0.15) is 12.6 Å². The Labute approximate surface area is 211 Å². The number of carbonyl (C=O) groups is 4. The van der Waals surface area contributed by atoms with Gasteiger partial charge in [0.25, 0.3) is 11.8 Å². The van der Waals surface area contributed by atoms with Crippen LogP contribution in [0.2, 0.25) is 0 Å². The second kappa shape index (κ2) is 10.3. The summed E-state index contributed by atoms with van der Waals surface area (Å²) in [6.45, 7) is 0.215. The molecule has 10 nitrogen and oxygen atoms in total. The minimum Gasteiger partial charge on any atom is -0.422 e. The smallest absolute Gasteiger partial charge is 0.339 e. The van der Waals surface area contributed by atoms with Crippen molar-refractivity contribution < 1.29 is 28.4 Å². The Morgan fingerprint density at radius 3 is 2.63 bits per heavy atom. The number of carbonyl (C=O) groups excluding carboxylic acids is 4. The highest BCUT2D eigenvalue weighted by molar-refractivity contribution is 7.81. The zero-order valence-corrected chi connectivity index (χ0v) is 20.5. The molecule has 35 heavy (non-hydrogen) atoms. The molecule has 2 unspecified atom stereocenters. The lowest BCUT2D eigenvalue weighted by molar-refractivity contribution is -0.197. The average molecular weight is 520 g/mol. The van der Waals surface area contributed by atoms with Gasteiger partial charge in [-0.3, -0.25) is 14.4 Å². The standard InChI is InChI=1S/C23H25N3O7S2/c24-14-9-15-13(8-17(14)35)22-11(3-4-12(22)23(31)32-15)16(34)10-18(27)25-7-1-2-21(30)33-26-19(28)5-6-20(26)29/h8-9,11,16,34-35H,1-7,10,24H2,(H,25,27). The molecule has 2 aromatic rings. The van der Waals surface area contributed by atoms with Gasteiger partial charge in [-0.05, 0) is 36.8 Å². The highest BCUT2D eigenvalue weighted by Gasteiger charge is 2.34. The van der Waals surface area contributed by atoms with E-state index < -0.39 is 23.4 Å². The van der Waals surface area contributed by atoms with E-state index in [2.05, 4.69) is 30.6 Å². The number of anilines is 1. The summed E-state index contributed by atoms with van der Waals surface area (Å²) < 4.78 is 5.44. The lowest BCUT2D eigenvalue weighted by atomic mass is 9.92. The number of nitrogen functional groups attached to an aromatic ring is 1. The molecular weight excluding hydrogens is 494 g/mol. The lowest BCUT2D eigenvalue weighted by Crippen LogP contribution is -2.32. The second-order valence-corrected chi connectivity index (χ2v) is 9.75. The zero-order chi connectivity index (χ0) is 25.3. The SMILES string of the molecule is Nc1cc2oc(=O)c3c(c2cc1S)C(C(S)CC(=O)NCCCC(=O)ON1C(=O)CCC1=O)CC3. The third-order valence-electron chi connectivity index (χ3n) is 6.21. The van der Waals surface area contributed by atoms with Gasteiger partial charge in [0.05, 0.1) is 0 Å². The molecule has 0 radical (unpaired) electrons. The summed E-state index contributed by atoms with van der Waals surface area (Å²) in [5.41, 5.74) is 7.70. The molecule has 0 spiro atoms. The molecule has 2 aliphatic rings. The maximum absolute atomic E-state index is 12.5. The van der Waals surface area contributed by atoms with Crippen molar-refractivity contribution in [3.8, 4) is 0 Å². The van der Waals surface area contributed by atoms with Crippen LogP contribution in [0.5, 0.6) is 0 Å². The van der Waals surface area contributed by atoms with Gasteiger partial charge in [0.2, 0.25) is 5.91 Å². The van der Waals surface area contributed by atoms with E-state index in [1.165, 1.54) is 0 Å². The highest BCUT2D eigenvalue weighted by atomic mass is 32.1. The van der Waals surface area contributed by atoms with Gasteiger partial charge in [0.1, 0.15) is 5.58 Å². The van der Waals surface area contributed by atoms with Crippen molar-refractivity contribution in [3.05, 3.63) is 33.7 Å². The number of hydrogen-bond donors (Lipinski definition) is 4. The van der Waals surface area contributed by atoms with Crippen molar-refractivity contribution in [2.24, 2.45) is 0 Å². The number of amides is 3. The molecule has 0 bridgehead atoms. The predicted octanol–water partition coefficient (Wildman–Crippen LogP) is 1.89. The third kappa shape index (κ3) is 5.32. The number of hydroxylamine groups is 2. The first kappa shape index (κ1) is 25.1. The first-order chi connectivity index (χ1) is 16.7. The summed E-state index contributed by atoms with van der Waals surface area (Å²) in [6, 6.07) is 3.35. The Kier molecular flexibility index (Phi) is 7.41. The fraction of sp³-hybridized carbons (Fsp3) is 0.435. The topological polar surface area (TPSA) is 149 Å². The molecule has 1 aliphatic carbocycles. The Morgan fingerprint density at radius 1 is 1.20 bits per heavy atom. The van der Waals surface area contributed by atoms with E-state index in [1.54, 1.807) is 12.1 Å². The minimum atomic E-state index is -0.715. The van der Waals surface area contributed by atoms with Gasteiger partial charge < -0.3 is 20.3 Å². The number of nitrogens with one attached hydrogen (secondary N) is 1. The molecule has 2 atom stereocenters. The summed E-state index contributed by atoms with van der Waals surface area (Å²) in [4.78, 5) is 65.1. The minimum absolute atomic E-state index is 0.0308. The number of fused-ring (bicyclic) bond motifs is 3. The molecule has 3 amide bonds. The molecule has 1 aromatic heterocycles. The van der Waals surface area contributed by atoms with Crippen molar-refractivity contribution in [1.29, 1.82) is 0 Å². The number of imide groups is 1. The summed E-state index contributed by atoms with van der Waals surface area (Å²) in [5, 5.41) is 3.64. The van der Waals surface area contributed by atoms with Gasteiger partial charge in [-0.25, -0.2) is 9.59 Å². The van der Waals surface area contributed by atoms with E-state index >= 15 is 0 Å². The zero-order valence-electron chi connectivity index (χ0n) is 18.7. The number of thiol groups is 2. The van der Waals surface area contributed by atoms with Crippen molar-refractivity contribution in [2.45, 2.75) is 61.0 Å². The Hall–Kier alpha value is -2.99. The Balaban J connectivity index is 1.31. The van der Waals surface area contributed by atoms with Crippen LogP contribution < -0.4 is 16.7 Å². The number of hydrogen-bond acceptors (Lipinski definition) is 10. The fourth-order valence-corrected chi connectivity index (χ4v) is 5.13. The number of nitrogens with zero attached hydrogens (tertiary/aromatic N) is 1. The van der Waals surface area contributed by atoms with E-state index in [9.17, 15) is 24.0 Å². The first-order valence-corrected chi connectivity index (χ1v) is 12.2. The van der Waals surface area contributed by atoms with Gasteiger partial charge in [0, 0.05) is 65.1 Å². The monoisotopic (exact) mass is 519 g/mol. The predicted molar refractivity (Wildman–Crippen MR) is 132 cm³/mol. The van der Waals surface area contributed by atoms with E-state index in [4.69, 9.17) is 15.0 Å². The van der Waals surface area contributed by atoms with Crippen LogP contribution >= 0.6 is 25.3 Å². The van der Waals surface area contributed by atoms with Crippen molar-refractivity contribution in [3.63, 3.8) is 0 Å². The highest BCUT2D eigenvalue weighted by Crippen LogP contribution is 2.42. The molecular formula is C23H25N3O7S2. The van der Waals surface area contributed by atoms with Crippen LogP contribution in [0.1, 0.15) is 55.6 Å². The molecule has 1 fully saturated rings. The van der Waals surface area contributed by atoms with E-state index in [0.29, 0.717) is 39.6 Å². The number of rotatable bonds is 8. The number of benzene rings is 1. The second-order valence-electron chi connectivity index (χ2n) is 8.60. The maximum Gasteiger partial charge on any atom is 0.339 e. The molecule has 0 saturated carbocycles. The van der Waals surface area contributed by atoms with Crippen LogP contribution in [0.3, 0.4) is 0 Å². The fourth-order valence-electron chi connectivity index (χ4n) is 4.47. The molecule has 2 heterocycles. The quantitative estimate of drug-likeness (QED) is 0.136. The van der Waals surface area contributed by atoms with Crippen molar-refractivity contribution in [1.82, 2.24) is 10.4 Å². The summed E-state index contributed by atoms with van der Waals surface area (Å²) in [5.74, 6) is -2.17. The summed E-state index contributed by atoms with van der Waals surface area (Å²) in [6.07, 6.45) is 1.59. The van der Waals surface area contributed by atoms with Gasteiger partial charge >= 0.3 is 11.6 Å². The maximum atomic E-state index is 12.5. The normalized spacial score (nSPS) is 18.1. The van der Waals surface area contributed by atoms with Gasteiger partial charge in [0.15, 0.2) is 0 Å². The van der Waals surface area contributed by atoms with Crippen LogP contribution in [0.25, 0.3) is 11.0 Å². The third-order valence-corrected chi connectivity index (χ3v) is 7.14. The first-order valence-electron chi connectivity index (χ1n) is 11.2.